The number of hydrogen-bond acceptors (Lipinski definition) is 4. The zero-order valence-electron chi connectivity index (χ0n) is 10.7. The van der Waals surface area contributed by atoms with Crippen molar-refractivity contribution in [3.8, 4) is 0 Å². The van der Waals surface area contributed by atoms with Crippen molar-refractivity contribution >= 4 is 38.6 Å². The molecule has 0 fully saturated rings. The van der Waals surface area contributed by atoms with Crippen molar-refractivity contribution in [2.45, 2.75) is 19.9 Å². The van der Waals surface area contributed by atoms with Gasteiger partial charge in [-0.1, -0.05) is 22.9 Å². The highest BCUT2D eigenvalue weighted by atomic mass is 79.9. The van der Waals surface area contributed by atoms with Crippen molar-refractivity contribution in [2.75, 3.05) is 10.6 Å². The Morgan fingerprint density at radius 1 is 1.53 bits per heavy atom. The van der Waals surface area contributed by atoms with Gasteiger partial charge in [0.15, 0.2) is 0 Å². The molecule has 0 aliphatic rings. The first-order chi connectivity index (χ1) is 9.01. The van der Waals surface area contributed by atoms with Crippen LogP contribution in [0.15, 0.2) is 18.2 Å². The Labute approximate surface area is 118 Å². The largest absolute Gasteiger partial charge is 0.353 e. The fourth-order valence-corrected chi connectivity index (χ4v) is 2.23. The number of halogens is 1. The van der Waals surface area contributed by atoms with Crippen molar-refractivity contribution in [3.63, 3.8) is 0 Å². The van der Waals surface area contributed by atoms with Gasteiger partial charge in [0.1, 0.15) is 0 Å². The molecule has 0 spiro atoms. The lowest BCUT2D eigenvalue weighted by Crippen LogP contribution is -2.25. The number of alkyl halides is 1. The number of fused-ring (bicyclic) bond motifs is 1. The molecule has 0 bridgehead atoms. The van der Waals surface area contributed by atoms with E-state index < -0.39 is 4.92 Å². The van der Waals surface area contributed by atoms with Crippen LogP contribution < -0.4 is 5.32 Å². The zero-order valence-corrected chi connectivity index (χ0v) is 12.3. The van der Waals surface area contributed by atoms with Gasteiger partial charge in [-0.05, 0) is 18.9 Å². The standard InChI is InChI=1S/C12H15BrN4O2/c1-7(6-13)8(2)14-12-15-10-4-3-9(17(18)19)5-11(10)16-12/h3-5,7-8H,6H2,1-2H3,(H2,14,15,16). The van der Waals surface area contributed by atoms with Gasteiger partial charge in [0, 0.05) is 23.5 Å². The molecule has 19 heavy (non-hydrogen) atoms. The lowest BCUT2D eigenvalue weighted by Gasteiger charge is -2.18. The van der Waals surface area contributed by atoms with Gasteiger partial charge < -0.3 is 10.3 Å². The third-order valence-electron chi connectivity index (χ3n) is 3.14. The molecule has 0 aliphatic carbocycles. The molecule has 7 heteroatoms. The third-order valence-corrected chi connectivity index (χ3v) is 4.16. The molecule has 102 valence electrons. The van der Waals surface area contributed by atoms with Gasteiger partial charge >= 0.3 is 0 Å². The normalized spacial score (nSPS) is 14.3. The molecule has 2 N–H and O–H groups in total. The van der Waals surface area contributed by atoms with Crippen LogP contribution in [0.5, 0.6) is 0 Å². The second-order valence-electron chi connectivity index (χ2n) is 4.61. The fraction of sp³-hybridized carbons (Fsp3) is 0.417. The van der Waals surface area contributed by atoms with Crippen molar-refractivity contribution in [2.24, 2.45) is 5.92 Å². The first-order valence-corrected chi connectivity index (χ1v) is 7.10. The number of non-ortho nitro benzene ring substituents is 1. The smallest absolute Gasteiger partial charge is 0.271 e. The molecular weight excluding hydrogens is 312 g/mol. The molecule has 0 aliphatic heterocycles. The zero-order chi connectivity index (χ0) is 14.0. The van der Waals surface area contributed by atoms with E-state index in [1.165, 1.54) is 12.1 Å². The van der Waals surface area contributed by atoms with E-state index in [-0.39, 0.29) is 11.7 Å². The van der Waals surface area contributed by atoms with Crippen molar-refractivity contribution in [1.29, 1.82) is 0 Å². The van der Waals surface area contributed by atoms with E-state index in [1.807, 2.05) is 0 Å². The predicted octanol–water partition coefficient (Wildman–Crippen LogP) is 3.30. The van der Waals surface area contributed by atoms with E-state index in [0.29, 0.717) is 22.9 Å². The third kappa shape index (κ3) is 3.04. The van der Waals surface area contributed by atoms with Gasteiger partial charge in [0.25, 0.3) is 5.69 Å². The van der Waals surface area contributed by atoms with E-state index >= 15 is 0 Å². The molecular formula is C12H15BrN4O2. The fourth-order valence-electron chi connectivity index (χ4n) is 1.67. The Kier molecular flexibility index (Phi) is 4.04. The Morgan fingerprint density at radius 3 is 2.89 bits per heavy atom. The number of nitro groups is 1. The number of aromatic nitrogens is 2. The lowest BCUT2D eigenvalue weighted by molar-refractivity contribution is -0.384. The number of nitrogens with one attached hydrogen (secondary N) is 2. The van der Waals surface area contributed by atoms with Crippen LogP contribution in [0.3, 0.4) is 0 Å². The molecule has 1 aromatic carbocycles. The highest BCUT2D eigenvalue weighted by Gasteiger charge is 2.14. The van der Waals surface area contributed by atoms with Crippen LogP contribution >= 0.6 is 15.9 Å². The summed E-state index contributed by atoms with van der Waals surface area (Å²) in [6.07, 6.45) is 0. The second kappa shape index (κ2) is 5.56. The lowest BCUT2D eigenvalue weighted by atomic mass is 10.1. The summed E-state index contributed by atoms with van der Waals surface area (Å²) >= 11 is 3.44. The molecule has 1 heterocycles. The number of anilines is 1. The van der Waals surface area contributed by atoms with Crippen LogP contribution in [0, 0.1) is 16.0 Å². The summed E-state index contributed by atoms with van der Waals surface area (Å²) in [6.45, 7) is 4.20. The minimum absolute atomic E-state index is 0.0598. The first kappa shape index (κ1) is 13.8. The summed E-state index contributed by atoms with van der Waals surface area (Å²) in [7, 11) is 0. The Hall–Kier alpha value is -1.63. The SMILES string of the molecule is CC(CBr)C(C)Nc1nc2ccc([N+](=O)[O-])cc2[nH]1. The molecule has 2 rings (SSSR count). The molecule has 2 atom stereocenters. The maximum absolute atomic E-state index is 10.7. The van der Waals surface area contributed by atoms with Crippen LogP contribution in [-0.4, -0.2) is 26.3 Å². The number of nitro benzene ring substituents is 1. The maximum atomic E-state index is 10.7. The molecule has 0 saturated heterocycles. The van der Waals surface area contributed by atoms with Crippen LogP contribution in [0.25, 0.3) is 11.0 Å². The minimum atomic E-state index is -0.414. The summed E-state index contributed by atoms with van der Waals surface area (Å²) in [5.41, 5.74) is 1.44. The quantitative estimate of drug-likeness (QED) is 0.501. The van der Waals surface area contributed by atoms with Crippen LogP contribution in [0.4, 0.5) is 11.6 Å². The summed E-state index contributed by atoms with van der Waals surface area (Å²) < 4.78 is 0. The number of imidazole rings is 1. The number of rotatable bonds is 5. The number of nitrogens with zero attached hydrogens (tertiary/aromatic N) is 2. The molecule has 2 aromatic rings. The van der Waals surface area contributed by atoms with E-state index in [0.717, 1.165) is 5.33 Å². The highest BCUT2D eigenvalue weighted by molar-refractivity contribution is 9.09. The van der Waals surface area contributed by atoms with Gasteiger partial charge in [-0.2, -0.15) is 0 Å². The van der Waals surface area contributed by atoms with Crippen LogP contribution in [0.1, 0.15) is 13.8 Å². The molecule has 2 unspecified atom stereocenters. The number of aromatic amines is 1. The molecule has 0 radical (unpaired) electrons. The average molecular weight is 327 g/mol. The van der Waals surface area contributed by atoms with E-state index in [1.54, 1.807) is 6.07 Å². The minimum Gasteiger partial charge on any atom is -0.353 e. The van der Waals surface area contributed by atoms with Gasteiger partial charge in [0.05, 0.1) is 16.0 Å². The van der Waals surface area contributed by atoms with Gasteiger partial charge in [-0.25, -0.2) is 4.98 Å². The monoisotopic (exact) mass is 326 g/mol. The van der Waals surface area contributed by atoms with Crippen LogP contribution in [0.2, 0.25) is 0 Å². The van der Waals surface area contributed by atoms with Gasteiger partial charge in [0.2, 0.25) is 5.95 Å². The van der Waals surface area contributed by atoms with Crippen molar-refractivity contribution < 1.29 is 4.92 Å². The maximum Gasteiger partial charge on any atom is 0.271 e. The Balaban J connectivity index is 2.24. The molecule has 0 amide bonds. The summed E-state index contributed by atoms with van der Waals surface area (Å²) in [5, 5.41) is 14.9. The van der Waals surface area contributed by atoms with Gasteiger partial charge in [-0.15, -0.1) is 0 Å². The summed E-state index contributed by atoms with van der Waals surface area (Å²) in [4.78, 5) is 17.7. The number of benzene rings is 1. The molecule has 1 aromatic heterocycles. The van der Waals surface area contributed by atoms with E-state index in [4.69, 9.17) is 0 Å². The Bertz CT molecular complexity index is 598. The Morgan fingerprint density at radius 2 is 2.26 bits per heavy atom. The molecule has 0 saturated carbocycles. The highest BCUT2D eigenvalue weighted by Crippen LogP contribution is 2.21. The van der Waals surface area contributed by atoms with Crippen molar-refractivity contribution in [1.82, 2.24) is 9.97 Å². The summed E-state index contributed by atoms with van der Waals surface area (Å²) in [5.74, 6) is 1.08. The predicted molar refractivity (Wildman–Crippen MR) is 78.8 cm³/mol. The first-order valence-electron chi connectivity index (χ1n) is 5.98. The topological polar surface area (TPSA) is 83.8 Å². The van der Waals surface area contributed by atoms with Crippen LogP contribution in [-0.2, 0) is 0 Å². The van der Waals surface area contributed by atoms with E-state index in [9.17, 15) is 10.1 Å². The van der Waals surface area contributed by atoms with Gasteiger partial charge in [-0.3, -0.25) is 10.1 Å². The van der Waals surface area contributed by atoms with Crippen molar-refractivity contribution in [3.05, 3.63) is 28.3 Å². The van der Waals surface area contributed by atoms with E-state index in [2.05, 4.69) is 45.1 Å². The molecule has 6 nitrogen and oxygen atoms in total. The number of hydrogen-bond donors (Lipinski definition) is 2. The number of H-pyrrole nitrogens is 1. The summed E-state index contributed by atoms with van der Waals surface area (Å²) in [6, 6.07) is 4.84. The second-order valence-corrected chi connectivity index (χ2v) is 5.26. The average Bonchev–Trinajstić information content (AvgIpc) is 2.78.